The van der Waals surface area contributed by atoms with Crippen molar-refractivity contribution in [2.45, 2.75) is 77.5 Å². The molecule has 32 heavy (non-hydrogen) atoms. The summed E-state index contributed by atoms with van der Waals surface area (Å²) < 4.78 is 64.9. The molecule has 1 aliphatic heterocycles. The Balaban J connectivity index is 2.79. The lowest BCUT2D eigenvalue weighted by Crippen LogP contribution is -2.63. The van der Waals surface area contributed by atoms with Crippen molar-refractivity contribution in [2.75, 3.05) is 6.61 Å². The van der Waals surface area contributed by atoms with Crippen molar-refractivity contribution >= 4 is 25.7 Å². The number of amides is 1. The zero-order chi connectivity index (χ0) is 24.9. The summed E-state index contributed by atoms with van der Waals surface area (Å²) in [5.74, 6) is 0. The number of carboxylic acid groups (broad SMARTS) is 1. The molecule has 1 unspecified atom stereocenters. The van der Waals surface area contributed by atoms with E-state index >= 15 is 0 Å². The lowest BCUT2D eigenvalue weighted by Gasteiger charge is -2.52. The number of halogens is 3. The van der Waals surface area contributed by atoms with Gasteiger partial charge in [-0.3, -0.25) is 4.18 Å². The largest absolute Gasteiger partial charge is 0.464 e. The van der Waals surface area contributed by atoms with E-state index in [4.69, 9.17) is 8.61 Å². The molecule has 0 saturated carbocycles. The molecule has 0 aromatic heterocycles. The molecule has 182 valence electrons. The van der Waals surface area contributed by atoms with Crippen molar-refractivity contribution in [1.29, 1.82) is 0 Å². The van der Waals surface area contributed by atoms with Crippen LogP contribution in [0, 0.1) is 5.41 Å². The van der Waals surface area contributed by atoms with Gasteiger partial charge in [-0.1, -0.05) is 53.7 Å². The molecular formula is C21H32F3NO5SSi. The summed E-state index contributed by atoms with van der Waals surface area (Å²) in [6.45, 7) is 15.1. The summed E-state index contributed by atoms with van der Waals surface area (Å²) in [4.78, 5) is 12.2. The Morgan fingerprint density at radius 3 is 2.03 bits per heavy atom. The second kappa shape index (κ2) is 8.41. The molecule has 1 aromatic carbocycles. The van der Waals surface area contributed by atoms with E-state index in [0.29, 0.717) is 5.56 Å². The van der Waals surface area contributed by atoms with E-state index in [1.54, 1.807) is 20.8 Å². The average Bonchev–Trinajstić information content (AvgIpc) is 2.96. The molecule has 1 heterocycles. The highest BCUT2D eigenvalue weighted by molar-refractivity contribution is 7.78. The molecule has 6 nitrogen and oxygen atoms in total. The Bertz CT molecular complexity index is 877. The van der Waals surface area contributed by atoms with Crippen LogP contribution < -0.4 is 0 Å². The molecule has 1 aliphatic rings. The summed E-state index contributed by atoms with van der Waals surface area (Å²) in [5.41, 5.74) is -2.74. The van der Waals surface area contributed by atoms with Gasteiger partial charge in [0.15, 0.2) is 8.32 Å². The lowest BCUT2D eigenvalue weighted by molar-refractivity contribution is -0.137. The van der Waals surface area contributed by atoms with Crippen LogP contribution in [-0.4, -0.2) is 40.2 Å². The average molecular weight is 496 g/mol. The number of alkyl halides is 3. The molecule has 0 radical (unpaired) electrons. The maximum Gasteiger partial charge on any atom is 0.421 e. The predicted molar refractivity (Wildman–Crippen MR) is 119 cm³/mol. The Hall–Kier alpha value is -1.43. The van der Waals surface area contributed by atoms with Gasteiger partial charge < -0.3 is 9.53 Å². The molecule has 11 heteroatoms. The number of carbonyl (C=O) groups is 1. The van der Waals surface area contributed by atoms with Gasteiger partial charge in [0.25, 0.3) is 11.3 Å². The van der Waals surface area contributed by atoms with Crippen LogP contribution in [0.1, 0.15) is 58.8 Å². The van der Waals surface area contributed by atoms with Crippen molar-refractivity contribution in [2.24, 2.45) is 5.41 Å². The van der Waals surface area contributed by atoms with Gasteiger partial charge in [0.1, 0.15) is 5.54 Å². The minimum Gasteiger partial charge on any atom is -0.464 e. The van der Waals surface area contributed by atoms with Gasteiger partial charge in [0, 0.05) is 0 Å². The van der Waals surface area contributed by atoms with Crippen LogP contribution in [0.5, 0.6) is 0 Å². The van der Waals surface area contributed by atoms with Gasteiger partial charge in [0.05, 0.1) is 18.3 Å². The second-order valence-electron chi connectivity index (χ2n) is 10.6. The Labute approximate surface area is 191 Å². The van der Waals surface area contributed by atoms with E-state index in [1.807, 2.05) is 33.9 Å². The Morgan fingerprint density at radius 2 is 1.66 bits per heavy atom. The van der Waals surface area contributed by atoms with Crippen molar-refractivity contribution in [3.8, 4) is 0 Å². The van der Waals surface area contributed by atoms with Crippen LogP contribution in [0.2, 0.25) is 18.1 Å². The summed E-state index contributed by atoms with van der Waals surface area (Å²) in [5, 5.41) is 9.67. The van der Waals surface area contributed by atoms with E-state index in [1.165, 1.54) is 12.1 Å². The molecule has 1 aromatic rings. The maximum absolute atomic E-state index is 13.2. The molecule has 2 rings (SSSR count). The van der Waals surface area contributed by atoms with Gasteiger partial charge in [-0.25, -0.2) is 9.00 Å². The Kier molecular flexibility index (Phi) is 7.05. The third-order valence-electron chi connectivity index (χ3n) is 6.56. The van der Waals surface area contributed by atoms with Gasteiger partial charge in [-0.05, 0) is 41.2 Å². The highest BCUT2D eigenvalue weighted by Gasteiger charge is 2.63. The molecule has 1 N–H and O–H groups in total. The number of nitrogens with zero attached hydrogens (tertiary/aromatic N) is 1. The molecular weight excluding hydrogens is 463 g/mol. The van der Waals surface area contributed by atoms with E-state index < -0.39 is 54.5 Å². The van der Waals surface area contributed by atoms with Crippen LogP contribution in [0.15, 0.2) is 24.3 Å². The van der Waals surface area contributed by atoms with E-state index in [2.05, 4.69) is 0 Å². The standard InChI is InChI=1S/C21H32F3NO5SSi/c1-18(2,3)20(13-29-31(28)25(20)17(26)27)16(30-32(7,8)19(4,5)6)14-9-11-15(12-10-14)21(22,23)24/h9-12,16H,13H2,1-8H3,(H,26,27)/t16-,20+,31?/m0/s1. The van der Waals surface area contributed by atoms with Crippen molar-refractivity contribution in [1.82, 2.24) is 4.31 Å². The van der Waals surface area contributed by atoms with Crippen LogP contribution >= 0.6 is 0 Å². The minimum absolute atomic E-state index is 0.226. The normalized spacial score (nSPS) is 24.0. The summed E-state index contributed by atoms with van der Waals surface area (Å²) in [6, 6.07) is 4.50. The monoisotopic (exact) mass is 495 g/mol. The fourth-order valence-electron chi connectivity index (χ4n) is 3.48. The summed E-state index contributed by atoms with van der Waals surface area (Å²) >= 11 is -2.28. The van der Waals surface area contributed by atoms with Crippen LogP contribution in [-0.2, 0) is 26.1 Å². The summed E-state index contributed by atoms with van der Waals surface area (Å²) in [7, 11) is -2.58. The van der Waals surface area contributed by atoms with Gasteiger partial charge in [-0.15, -0.1) is 0 Å². The molecule has 0 aliphatic carbocycles. The van der Waals surface area contributed by atoms with Crippen LogP contribution in [0.25, 0.3) is 0 Å². The van der Waals surface area contributed by atoms with Crippen molar-refractivity contribution in [3.63, 3.8) is 0 Å². The smallest absolute Gasteiger partial charge is 0.421 e. The first-order valence-electron chi connectivity index (χ1n) is 10.2. The van der Waals surface area contributed by atoms with Crippen molar-refractivity contribution < 1.29 is 35.9 Å². The topological polar surface area (TPSA) is 76.1 Å². The number of benzene rings is 1. The quantitative estimate of drug-likeness (QED) is 0.508. The van der Waals surface area contributed by atoms with E-state index in [0.717, 1.165) is 16.4 Å². The lowest BCUT2D eigenvalue weighted by atomic mass is 9.68. The SMILES string of the molecule is CC(C)(C)[C@]1([C@@H](O[Si](C)(C)C(C)(C)C)c2ccc(C(F)(F)F)cc2)COS(=O)N1C(=O)O. The van der Waals surface area contributed by atoms with E-state index in [-0.39, 0.29) is 11.6 Å². The fraction of sp³-hybridized carbons (Fsp3) is 0.667. The number of rotatable bonds is 4. The number of hydrogen-bond donors (Lipinski definition) is 1. The highest BCUT2D eigenvalue weighted by Crippen LogP contribution is 2.53. The third-order valence-corrected chi connectivity index (χ3v) is 12.1. The van der Waals surface area contributed by atoms with Gasteiger partial charge in [-0.2, -0.15) is 17.5 Å². The maximum atomic E-state index is 13.2. The highest BCUT2D eigenvalue weighted by atomic mass is 32.2. The minimum atomic E-state index is -4.51. The van der Waals surface area contributed by atoms with Crippen LogP contribution in [0.3, 0.4) is 0 Å². The molecule has 1 fully saturated rings. The third kappa shape index (κ3) is 4.76. The molecule has 0 bridgehead atoms. The molecule has 0 spiro atoms. The zero-order valence-corrected chi connectivity index (χ0v) is 21.5. The molecule has 3 atom stereocenters. The Morgan fingerprint density at radius 1 is 1.16 bits per heavy atom. The predicted octanol–water partition coefficient (Wildman–Crippen LogP) is 6.14. The fourth-order valence-corrected chi connectivity index (χ4v) is 5.95. The zero-order valence-electron chi connectivity index (χ0n) is 19.7. The first kappa shape index (κ1) is 26.8. The summed E-state index contributed by atoms with van der Waals surface area (Å²) in [6.07, 6.45) is -6.97. The molecule has 1 saturated heterocycles. The van der Waals surface area contributed by atoms with Crippen molar-refractivity contribution in [3.05, 3.63) is 35.4 Å². The van der Waals surface area contributed by atoms with E-state index in [9.17, 15) is 27.3 Å². The van der Waals surface area contributed by atoms with Gasteiger partial charge in [0.2, 0.25) is 0 Å². The second-order valence-corrected chi connectivity index (χ2v) is 16.4. The van der Waals surface area contributed by atoms with Crippen LogP contribution in [0.4, 0.5) is 18.0 Å². The first-order chi connectivity index (χ1) is 14.3. The van der Waals surface area contributed by atoms with Gasteiger partial charge >= 0.3 is 12.3 Å². The number of hydrogen-bond acceptors (Lipinski definition) is 4. The molecule has 1 amide bonds. The first-order valence-corrected chi connectivity index (χ1v) is 14.1.